The van der Waals surface area contributed by atoms with Gasteiger partial charge in [0.2, 0.25) is 0 Å². The molecule has 1 saturated heterocycles. The summed E-state index contributed by atoms with van der Waals surface area (Å²) in [4.78, 5) is 5.02. The minimum absolute atomic E-state index is 0.0271. The van der Waals surface area contributed by atoms with Gasteiger partial charge in [0.1, 0.15) is 18.2 Å². The van der Waals surface area contributed by atoms with E-state index >= 15 is 0 Å². The zero-order valence-corrected chi connectivity index (χ0v) is 18.1. The molecule has 1 atom stereocenters. The number of hydrogen-bond acceptors (Lipinski definition) is 4. The van der Waals surface area contributed by atoms with Crippen molar-refractivity contribution in [3.63, 3.8) is 0 Å². The van der Waals surface area contributed by atoms with Crippen molar-refractivity contribution in [3.8, 4) is 5.75 Å². The van der Waals surface area contributed by atoms with Gasteiger partial charge in [0, 0.05) is 31.7 Å². The van der Waals surface area contributed by atoms with Crippen molar-refractivity contribution in [2.24, 2.45) is 5.92 Å². The molecule has 0 aromatic heterocycles. The van der Waals surface area contributed by atoms with Crippen LogP contribution in [0.4, 0.5) is 4.39 Å². The molecule has 0 spiro atoms. The molecule has 2 aromatic rings. The molecule has 0 amide bonds. The van der Waals surface area contributed by atoms with Crippen molar-refractivity contribution in [2.45, 2.75) is 32.7 Å². The van der Waals surface area contributed by atoms with E-state index in [1.807, 2.05) is 24.3 Å². The number of ether oxygens (including phenoxy) is 1. The number of halogens is 1. The fourth-order valence-corrected chi connectivity index (χ4v) is 4.33. The van der Waals surface area contributed by atoms with E-state index in [0.717, 1.165) is 57.0 Å². The molecule has 0 bridgehead atoms. The quantitative estimate of drug-likeness (QED) is 0.604. The first kappa shape index (κ1) is 22.7. The highest BCUT2D eigenvalue weighted by Crippen LogP contribution is 2.23. The fraction of sp³-hybridized carbons (Fsp3) is 0.520. The summed E-state index contributed by atoms with van der Waals surface area (Å²) in [5, 5.41) is 9.06. The molecule has 0 aliphatic carbocycles. The summed E-state index contributed by atoms with van der Waals surface area (Å²) in [6.45, 7) is 8.72. The average Bonchev–Trinajstić information content (AvgIpc) is 2.77. The average molecular weight is 415 g/mol. The van der Waals surface area contributed by atoms with Crippen molar-refractivity contribution >= 4 is 0 Å². The summed E-state index contributed by atoms with van der Waals surface area (Å²) in [6.07, 6.45) is 3.38. The predicted octanol–water partition coefficient (Wildman–Crippen LogP) is 3.97. The van der Waals surface area contributed by atoms with Crippen LogP contribution < -0.4 is 4.74 Å². The molecule has 3 rings (SSSR count). The number of rotatable bonds is 11. The van der Waals surface area contributed by atoms with Gasteiger partial charge in [0.15, 0.2) is 0 Å². The molecule has 164 valence electrons. The smallest absolute Gasteiger partial charge is 0.123 e. The zero-order chi connectivity index (χ0) is 21.2. The van der Waals surface area contributed by atoms with Crippen LogP contribution >= 0.6 is 0 Å². The third kappa shape index (κ3) is 7.08. The SMILES string of the molecule is CCN(Cc1ccccc1OCCO)CC1CCCN(CCc2cccc(F)c2)C1. The van der Waals surface area contributed by atoms with Crippen LogP contribution in [0.5, 0.6) is 5.75 Å². The van der Waals surface area contributed by atoms with Gasteiger partial charge >= 0.3 is 0 Å². The van der Waals surface area contributed by atoms with Crippen LogP contribution in [-0.2, 0) is 13.0 Å². The molecule has 0 radical (unpaired) electrons. The Labute approximate surface area is 180 Å². The minimum Gasteiger partial charge on any atom is -0.491 e. The van der Waals surface area contributed by atoms with Gasteiger partial charge in [0.25, 0.3) is 0 Å². The van der Waals surface area contributed by atoms with Crippen LogP contribution in [0.2, 0.25) is 0 Å². The summed E-state index contributed by atoms with van der Waals surface area (Å²) in [5.74, 6) is 1.37. The number of para-hydroxylation sites is 1. The number of nitrogens with zero attached hydrogens (tertiary/aromatic N) is 2. The first-order chi connectivity index (χ1) is 14.7. The highest BCUT2D eigenvalue weighted by Gasteiger charge is 2.22. The molecule has 4 nitrogen and oxygen atoms in total. The Morgan fingerprint density at radius 1 is 1.20 bits per heavy atom. The molecule has 0 saturated carbocycles. The third-order valence-electron chi connectivity index (χ3n) is 5.89. The molecule has 2 aromatic carbocycles. The Bertz CT molecular complexity index is 770. The van der Waals surface area contributed by atoms with Gasteiger partial charge in [-0.05, 0) is 62.0 Å². The van der Waals surface area contributed by atoms with Crippen LogP contribution in [0, 0.1) is 11.7 Å². The summed E-state index contributed by atoms with van der Waals surface area (Å²) in [7, 11) is 0. The van der Waals surface area contributed by atoms with Gasteiger partial charge in [0.05, 0.1) is 6.61 Å². The maximum Gasteiger partial charge on any atom is 0.123 e. The maximum atomic E-state index is 13.4. The molecule has 5 heteroatoms. The van der Waals surface area contributed by atoms with Crippen LogP contribution in [0.3, 0.4) is 0 Å². The van der Waals surface area contributed by atoms with E-state index in [0.29, 0.717) is 12.5 Å². The topological polar surface area (TPSA) is 35.9 Å². The lowest BCUT2D eigenvalue weighted by Gasteiger charge is -2.35. The number of hydrogen-bond donors (Lipinski definition) is 1. The fourth-order valence-electron chi connectivity index (χ4n) is 4.33. The highest BCUT2D eigenvalue weighted by molar-refractivity contribution is 5.33. The van der Waals surface area contributed by atoms with E-state index in [2.05, 4.69) is 22.8 Å². The monoisotopic (exact) mass is 414 g/mol. The van der Waals surface area contributed by atoms with Crippen LogP contribution in [0.25, 0.3) is 0 Å². The minimum atomic E-state index is -0.147. The van der Waals surface area contributed by atoms with E-state index < -0.39 is 0 Å². The van der Waals surface area contributed by atoms with Crippen molar-refractivity contribution in [1.82, 2.24) is 9.80 Å². The molecule has 1 unspecified atom stereocenters. The second-order valence-corrected chi connectivity index (χ2v) is 8.20. The molecule has 1 N–H and O–H groups in total. The Morgan fingerprint density at radius 2 is 2.07 bits per heavy atom. The lowest BCUT2D eigenvalue weighted by atomic mass is 9.96. The highest BCUT2D eigenvalue weighted by atomic mass is 19.1. The van der Waals surface area contributed by atoms with E-state index in [1.165, 1.54) is 24.5 Å². The van der Waals surface area contributed by atoms with E-state index in [9.17, 15) is 4.39 Å². The lowest BCUT2D eigenvalue weighted by Crippen LogP contribution is -2.41. The van der Waals surface area contributed by atoms with E-state index in [4.69, 9.17) is 9.84 Å². The molecular weight excluding hydrogens is 379 g/mol. The molecule has 30 heavy (non-hydrogen) atoms. The van der Waals surface area contributed by atoms with Crippen LogP contribution in [-0.4, -0.2) is 60.8 Å². The van der Waals surface area contributed by atoms with E-state index in [-0.39, 0.29) is 12.4 Å². The summed E-state index contributed by atoms with van der Waals surface area (Å²) in [5.41, 5.74) is 2.25. The molecule has 1 aliphatic heterocycles. The number of likely N-dealkylation sites (tertiary alicyclic amines) is 1. The van der Waals surface area contributed by atoms with Crippen LogP contribution in [0.1, 0.15) is 30.9 Å². The second-order valence-electron chi connectivity index (χ2n) is 8.20. The summed E-state index contributed by atoms with van der Waals surface area (Å²) in [6, 6.07) is 15.1. The van der Waals surface area contributed by atoms with Gasteiger partial charge in [-0.15, -0.1) is 0 Å². The Balaban J connectivity index is 1.51. The standard InChI is InChI=1S/C25H35FN2O2/c1-2-27(20-23-9-3-4-11-25(23)30-16-15-29)18-22-8-6-13-28(19-22)14-12-21-7-5-10-24(26)17-21/h3-5,7,9-11,17,22,29H,2,6,8,12-16,18-20H2,1H3. The van der Waals surface area contributed by atoms with Crippen molar-refractivity contribution < 1.29 is 14.2 Å². The Hall–Kier alpha value is -1.95. The number of aliphatic hydroxyl groups excluding tert-OH is 1. The number of piperidine rings is 1. The first-order valence-electron chi connectivity index (χ1n) is 11.2. The normalized spacial score (nSPS) is 17.4. The summed E-state index contributed by atoms with van der Waals surface area (Å²) >= 11 is 0. The maximum absolute atomic E-state index is 13.4. The van der Waals surface area contributed by atoms with Gasteiger partial charge in [-0.25, -0.2) is 4.39 Å². The van der Waals surface area contributed by atoms with E-state index in [1.54, 1.807) is 12.1 Å². The first-order valence-corrected chi connectivity index (χ1v) is 11.2. The third-order valence-corrected chi connectivity index (χ3v) is 5.89. The van der Waals surface area contributed by atoms with Gasteiger partial charge in [-0.2, -0.15) is 0 Å². The molecule has 1 heterocycles. The van der Waals surface area contributed by atoms with Gasteiger partial charge in [-0.1, -0.05) is 37.3 Å². The molecular formula is C25H35FN2O2. The van der Waals surface area contributed by atoms with Crippen molar-refractivity contribution in [3.05, 3.63) is 65.5 Å². The second kappa shape index (κ2) is 12.0. The number of aliphatic hydroxyl groups is 1. The zero-order valence-electron chi connectivity index (χ0n) is 18.1. The van der Waals surface area contributed by atoms with Gasteiger partial charge < -0.3 is 14.7 Å². The van der Waals surface area contributed by atoms with Crippen molar-refractivity contribution in [1.29, 1.82) is 0 Å². The Morgan fingerprint density at radius 3 is 2.87 bits per heavy atom. The largest absolute Gasteiger partial charge is 0.491 e. The lowest BCUT2D eigenvalue weighted by molar-refractivity contribution is 0.132. The Kier molecular flexibility index (Phi) is 9.12. The van der Waals surface area contributed by atoms with Crippen LogP contribution in [0.15, 0.2) is 48.5 Å². The van der Waals surface area contributed by atoms with Gasteiger partial charge in [-0.3, -0.25) is 4.90 Å². The predicted molar refractivity (Wildman–Crippen MR) is 119 cm³/mol. The molecule has 1 fully saturated rings. The number of benzene rings is 2. The molecule has 1 aliphatic rings. The van der Waals surface area contributed by atoms with Crippen molar-refractivity contribution in [2.75, 3.05) is 45.9 Å². The summed E-state index contributed by atoms with van der Waals surface area (Å²) < 4.78 is 19.1.